The van der Waals surface area contributed by atoms with E-state index in [-0.39, 0.29) is 6.03 Å². The Morgan fingerprint density at radius 2 is 1.95 bits per heavy atom. The Morgan fingerprint density at radius 1 is 1.37 bits per heavy atom. The van der Waals surface area contributed by atoms with Crippen molar-refractivity contribution in [2.75, 3.05) is 13.1 Å². The lowest BCUT2D eigenvalue weighted by atomic mass is 9.94. The van der Waals surface area contributed by atoms with Crippen molar-refractivity contribution >= 4 is 12.0 Å². The van der Waals surface area contributed by atoms with E-state index in [0.717, 1.165) is 12.8 Å². The Morgan fingerprint density at radius 3 is 2.42 bits per heavy atom. The van der Waals surface area contributed by atoms with E-state index in [1.807, 2.05) is 6.92 Å². The summed E-state index contributed by atoms with van der Waals surface area (Å²) >= 11 is 0. The summed E-state index contributed by atoms with van der Waals surface area (Å²) < 4.78 is 0. The van der Waals surface area contributed by atoms with Gasteiger partial charge in [0.1, 0.15) is 6.04 Å². The van der Waals surface area contributed by atoms with Gasteiger partial charge in [-0.25, -0.2) is 9.59 Å². The van der Waals surface area contributed by atoms with E-state index in [9.17, 15) is 14.7 Å². The Balaban J connectivity index is 2.46. The molecule has 6 heteroatoms. The van der Waals surface area contributed by atoms with Gasteiger partial charge in [0.15, 0.2) is 0 Å². The van der Waals surface area contributed by atoms with Crippen LogP contribution in [0.2, 0.25) is 0 Å². The zero-order valence-corrected chi connectivity index (χ0v) is 11.7. The van der Waals surface area contributed by atoms with Gasteiger partial charge in [0.2, 0.25) is 0 Å². The first-order chi connectivity index (χ1) is 8.85. The van der Waals surface area contributed by atoms with E-state index >= 15 is 0 Å². The molecule has 1 saturated heterocycles. The van der Waals surface area contributed by atoms with Crippen molar-refractivity contribution in [1.29, 1.82) is 0 Å². The third-order valence-corrected chi connectivity index (χ3v) is 3.57. The van der Waals surface area contributed by atoms with Gasteiger partial charge < -0.3 is 20.4 Å². The summed E-state index contributed by atoms with van der Waals surface area (Å²) in [6.45, 7) is 4.65. The maximum atomic E-state index is 12.0. The molecule has 1 aliphatic heterocycles. The number of nitrogens with one attached hydrogen (secondary N) is 1. The molecular weight excluding hydrogens is 248 g/mol. The van der Waals surface area contributed by atoms with Crippen LogP contribution in [0.5, 0.6) is 0 Å². The van der Waals surface area contributed by atoms with Crippen LogP contribution in [0.1, 0.15) is 46.0 Å². The van der Waals surface area contributed by atoms with Crippen molar-refractivity contribution in [3.05, 3.63) is 0 Å². The number of nitrogens with zero attached hydrogens (tertiary/aromatic N) is 1. The van der Waals surface area contributed by atoms with E-state index in [1.165, 1.54) is 0 Å². The molecule has 1 atom stereocenters. The first-order valence-electron chi connectivity index (χ1n) is 6.86. The number of amides is 2. The number of unbranched alkanes of at least 4 members (excludes halogenated alkanes) is 1. The highest BCUT2D eigenvalue weighted by atomic mass is 16.4. The second kappa shape index (κ2) is 6.75. The van der Waals surface area contributed by atoms with E-state index in [0.29, 0.717) is 32.4 Å². The van der Waals surface area contributed by atoms with Crippen LogP contribution in [0, 0.1) is 0 Å². The number of hydrogen-bond acceptors (Lipinski definition) is 3. The van der Waals surface area contributed by atoms with Gasteiger partial charge in [0, 0.05) is 13.1 Å². The first kappa shape index (κ1) is 15.8. The number of rotatable bonds is 5. The molecule has 6 nitrogen and oxygen atoms in total. The minimum atomic E-state index is -0.995. The van der Waals surface area contributed by atoms with E-state index in [4.69, 9.17) is 5.11 Å². The lowest BCUT2D eigenvalue weighted by Crippen LogP contribution is -2.52. The van der Waals surface area contributed by atoms with Gasteiger partial charge in [0.25, 0.3) is 0 Å². The number of hydrogen-bond donors (Lipinski definition) is 3. The molecule has 0 radical (unpaired) electrons. The number of carbonyl (C=O) groups excluding carboxylic acids is 1. The molecule has 1 aliphatic rings. The molecule has 0 aromatic carbocycles. The summed E-state index contributed by atoms with van der Waals surface area (Å²) in [5.41, 5.74) is -0.717. The number of carboxylic acids is 1. The van der Waals surface area contributed by atoms with E-state index in [2.05, 4.69) is 5.32 Å². The van der Waals surface area contributed by atoms with Crippen LogP contribution in [-0.2, 0) is 4.79 Å². The van der Waals surface area contributed by atoms with Crippen LogP contribution >= 0.6 is 0 Å². The van der Waals surface area contributed by atoms with Crippen molar-refractivity contribution < 1.29 is 19.8 Å². The summed E-state index contributed by atoms with van der Waals surface area (Å²) in [6.07, 6.45) is 3.15. The van der Waals surface area contributed by atoms with E-state index < -0.39 is 17.6 Å². The molecule has 19 heavy (non-hydrogen) atoms. The predicted octanol–water partition coefficient (Wildman–Crippen LogP) is 1.19. The number of urea groups is 1. The fourth-order valence-corrected chi connectivity index (χ4v) is 2.10. The Bertz CT molecular complexity index is 321. The molecule has 3 N–H and O–H groups in total. The first-order valence-corrected chi connectivity index (χ1v) is 6.86. The number of piperidine rings is 1. The fraction of sp³-hybridized carbons (Fsp3) is 0.846. The van der Waals surface area contributed by atoms with Crippen LogP contribution in [-0.4, -0.2) is 51.8 Å². The third kappa shape index (κ3) is 5.06. The van der Waals surface area contributed by atoms with Gasteiger partial charge in [-0.05, 0) is 26.2 Å². The Labute approximate surface area is 113 Å². The average Bonchev–Trinajstić information content (AvgIpc) is 2.33. The second-order valence-electron chi connectivity index (χ2n) is 5.47. The number of aliphatic hydroxyl groups is 1. The molecule has 1 fully saturated rings. The molecule has 0 saturated carbocycles. The average molecular weight is 272 g/mol. The summed E-state index contributed by atoms with van der Waals surface area (Å²) in [5, 5.41) is 21.4. The van der Waals surface area contributed by atoms with Crippen LogP contribution in [0.4, 0.5) is 4.79 Å². The van der Waals surface area contributed by atoms with Crippen molar-refractivity contribution in [3.63, 3.8) is 0 Å². The quantitative estimate of drug-likeness (QED) is 0.701. The fourth-order valence-electron chi connectivity index (χ4n) is 2.10. The number of aliphatic carboxylic acids is 1. The molecular formula is C13H24N2O4. The molecule has 2 amide bonds. The lowest BCUT2D eigenvalue weighted by molar-refractivity contribution is -0.139. The van der Waals surface area contributed by atoms with Crippen molar-refractivity contribution in [1.82, 2.24) is 10.2 Å². The van der Waals surface area contributed by atoms with Crippen LogP contribution in [0.3, 0.4) is 0 Å². The maximum Gasteiger partial charge on any atom is 0.326 e. The van der Waals surface area contributed by atoms with Gasteiger partial charge in [-0.1, -0.05) is 19.8 Å². The smallest absolute Gasteiger partial charge is 0.326 e. The molecule has 0 spiro atoms. The number of carbonyl (C=O) groups is 2. The molecule has 0 aromatic rings. The van der Waals surface area contributed by atoms with Gasteiger partial charge in [-0.15, -0.1) is 0 Å². The normalized spacial score (nSPS) is 19.8. The monoisotopic (exact) mass is 272 g/mol. The second-order valence-corrected chi connectivity index (χ2v) is 5.47. The van der Waals surface area contributed by atoms with Crippen molar-refractivity contribution in [2.45, 2.75) is 57.6 Å². The molecule has 0 bridgehead atoms. The highest BCUT2D eigenvalue weighted by molar-refractivity contribution is 5.82. The predicted molar refractivity (Wildman–Crippen MR) is 70.9 cm³/mol. The molecule has 0 aromatic heterocycles. The summed E-state index contributed by atoms with van der Waals surface area (Å²) in [5.74, 6) is -0.995. The topological polar surface area (TPSA) is 89.9 Å². The van der Waals surface area contributed by atoms with Crippen molar-refractivity contribution in [3.8, 4) is 0 Å². The third-order valence-electron chi connectivity index (χ3n) is 3.57. The largest absolute Gasteiger partial charge is 0.480 e. The Kier molecular flexibility index (Phi) is 5.60. The van der Waals surface area contributed by atoms with Crippen molar-refractivity contribution in [2.24, 2.45) is 0 Å². The standard InChI is InChI=1S/C13H24N2O4/c1-3-4-5-10(11(16)17)14-12(18)15-8-6-13(2,19)7-9-15/h10,19H,3-9H2,1-2H3,(H,14,18)(H,16,17). The zero-order chi connectivity index (χ0) is 14.5. The van der Waals surface area contributed by atoms with Crippen LogP contribution in [0.15, 0.2) is 0 Å². The summed E-state index contributed by atoms with van der Waals surface area (Å²) in [4.78, 5) is 24.6. The molecule has 1 rings (SSSR count). The van der Waals surface area contributed by atoms with E-state index in [1.54, 1.807) is 11.8 Å². The maximum absolute atomic E-state index is 12.0. The van der Waals surface area contributed by atoms with Gasteiger partial charge in [0.05, 0.1) is 5.60 Å². The summed E-state index contributed by atoms with van der Waals surface area (Å²) in [6, 6.07) is -1.17. The minimum absolute atomic E-state index is 0.348. The molecule has 0 aliphatic carbocycles. The molecule has 1 heterocycles. The lowest BCUT2D eigenvalue weighted by Gasteiger charge is -2.36. The minimum Gasteiger partial charge on any atom is -0.480 e. The molecule has 110 valence electrons. The Hall–Kier alpha value is -1.30. The number of likely N-dealkylation sites (tertiary alicyclic amines) is 1. The SMILES string of the molecule is CCCCC(NC(=O)N1CCC(C)(O)CC1)C(=O)O. The van der Waals surface area contributed by atoms with Gasteiger partial charge >= 0.3 is 12.0 Å². The zero-order valence-electron chi connectivity index (χ0n) is 11.7. The summed E-state index contributed by atoms with van der Waals surface area (Å²) in [7, 11) is 0. The van der Waals surface area contributed by atoms with Gasteiger partial charge in [-0.2, -0.15) is 0 Å². The highest BCUT2D eigenvalue weighted by Crippen LogP contribution is 2.21. The highest BCUT2D eigenvalue weighted by Gasteiger charge is 2.31. The molecule has 1 unspecified atom stereocenters. The van der Waals surface area contributed by atoms with Crippen LogP contribution in [0.25, 0.3) is 0 Å². The number of carboxylic acid groups (broad SMARTS) is 1. The van der Waals surface area contributed by atoms with Gasteiger partial charge in [-0.3, -0.25) is 0 Å². The van der Waals surface area contributed by atoms with Crippen LogP contribution < -0.4 is 5.32 Å².